The summed E-state index contributed by atoms with van der Waals surface area (Å²) in [5.74, 6) is -0.967. The Morgan fingerprint density at radius 3 is 2.65 bits per heavy atom. The summed E-state index contributed by atoms with van der Waals surface area (Å²) in [5.41, 5.74) is -1.44. The molecule has 0 bridgehead atoms. The molecule has 2 heterocycles. The fourth-order valence-corrected chi connectivity index (χ4v) is 5.71. The third-order valence-corrected chi connectivity index (χ3v) is 8.22. The average Bonchev–Trinajstić information content (AvgIpc) is 2.52. The van der Waals surface area contributed by atoms with Crippen LogP contribution >= 0.6 is 26.5 Å². The molecule has 0 saturated carbocycles. The zero-order valence-corrected chi connectivity index (χ0v) is 16.9. The minimum atomic E-state index is -3.48. The molecule has 7 nitrogen and oxygen atoms in total. The Labute approximate surface area is 160 Å². The number of halogens is 2. The SMILES string of the molecule is C=CC[C@@H]1[C@@](C)(c2cc(Br)cnc2F)N=C(NC(=O)O)C(C)(C)S1(O)O. The average molecular weight is 450 g/mol. The molecule has 1 aromatic rings. The van der Waals surface area contributed by atoms with Gasteiger partial charge in [0.1, 0.15) is 16.1 Å². The second-order valence-corrected chi connectivity index (χ2v) is 10.3. The molecule has 144 valence electrons. The molecular formula is C16H21BrFN3O4S. The summed E-state index contributed by atoms with van der Waals surface area (Å²) in [7, 11) is -3.48. The van der Waals surface area contributed by atoms with Gasteiger partial charge in [-0.1, -0.05) is 6.08 Å². The first kappa shape index (κ1) is 20.8. The molecule has 0 spiro atoms. The number of carboxylic acid groups (broad SMARTS) is 1. The minimum Gasteiger partial charge on any atom is -0.465 e. The number of nitrogens with zero attached hydrogens (tertiary/aromatic N) is 2. The van der Waals surface area contributed by atoms with Crippen molar-refractivity contribution in [2.24, 2.45) is 4.99 Å². The van der Waals surface area contributed by atoms with Gasteiger partial charge in [-0.05, 0) is 49.2 Å². The van der Waals surface area contributed by atoms with E-state index in [0.29, 0.717) is 4.47 Å². The van der Waals surface area contributed by atoms with Gasteiger partial charge in [0, 0.05) is 16.2 Å². The number of amidine groups is 1. The van der Waals surface area contributed by atoms with E-state index in [0.717, 1.165) is 0 Å². The third kappa shape index (κ3) is 3.26. The molecule has 1 aliphatic rings. The summed E-state index contributed by atoms with van der Waals surface area (Å²) in [4.78, 5) is 19.3. The molecule has 0 aromatic carbocycles. The fraction of sp³-hybridized carbons (Fsp3) is 0.438. The number of carbonyl (C=O) groups is 1. The number of rotatable bonds is 3. The van der Waals surface area contributed by atoms with Crippen molar-refractivity contribution in [2.75, 3.05) is 0 Å². The third-order valence-electron chi connectivity index (χ3n) is 4.65. The summed E-state index contributed by atoms with van der Waals surface area (Å²) in [6.45, 7) is 8.15. The number of amides is 1. The minimum absolute atomic E-state index is 0.0267. The molecule has 0 radical (unpaired) electrons. The van der Waals surface area contributed by atoms with E-state index < -0.39 is 38.2 Å². The highest BCUT2D eigenvalue weighted by Gasteiger charge is 2.57. The lowest BCUT2D eigenvalue weighted by atomic mass is 9.87. The van der Waals surface area contributed by atoms with E-state index in [1.54, 1.807) is 0 Å². The first-order valence-corrected chi connectivity index (χ1v) is 10.1. The van der Waals surface area contributed by atoms with Gasteiger partial charge in [0.25, 0.3) is 0 Å². The molecule has 26 heavy (non-hydrogen) atoms. The van der Waals surface area contributed by atoms with Gasteiger partial charge in [-0.2, -0.15) is 15.0 Å². The van der Waals surface area contributed by atoms with Gasteiger partial charge < -0.3 is 5.11 Å². The second kappa shape index (κ2) is 6.91. The van der Waals surface area contributed by atoms with Crippen LogP contribution in [-0.4, -0.2) is 41.1 Å². The highest BCUT2D eigenvalue weighted by atomic mass is 79.9. The van der Waals surface area contributed by atoms with E-state index in [4.69, 9.17) is 5.11 Å². The van der Waals surface area contributed by atoms with Crippen molar-refractivity contribution in [3.63, 3.8) is 0 Å². The summed E-state index contributed by atoms with van der Waals surface area (Å²) < 4.78 is 35.7. The second-order valence-electron chi connectivity index (χ2n) is 6.65. The van der Waals surface area contributed by atoms with Crippen LogP contribution in [-0.2, 0) is 5.54 Å². The van der Waals surface area contributed by atoms with E-state index in [1.807, 2.05) is 0 Å². The van der Waals surface area contributed by atoms with Gasteiger partial charge in [-0.3, -0.25) is 19.4 Å². The van der Waals surface area contributed by atoms with E-state index in [1.165, 1.54) is 39.1 Å². The van der Waals surface area contributed by atoms with Crippen molar-refractivity contribution >= 4 is 38.4 Å². The maximum atomic E-state index is 14.5. The number of aromatic nitrogens is 1. The van der Waals surface area contributed by atoms with Crippen LogP contribution < -0.4 is 5.32 Å². The van der Waals surface area contributed by atoms with Gasteiger partial charge >= 0.3 is 6.09 Å². The van der Waals surface area contributed by atoms with Crippen LogP contribution in [0.4, 0.5) is 9.18 Å². The van der Waals surface area contributed by atoms with Crippen LogP contribution in [0, 0.1) is 5.95 Å². The quantitative estimate of drug-likeness (QED) is 0.404. The zero-order chi connectivity index (χ0) is 19.9. The summed E-state index contributed by atoms with van der Waals surface area (Å²) >= 11 is 3.23. The van der Waals surface area contributed by atoms with Gasteiger partial charge in [-0.15, -0.1) is 6.58 Å². The zero-order valence-electron chi connectivity index (χ0n) is 14.5. The van der Waals surface area contributed by atoms with E-state index in [9.17, 15) is 18.3 Å². The smallest absolute Gasteiger partial charge is 0.410 e. The summed E-state index contributed by atoms with van der Waals surface area (Å²) in [6, 6.07) is 1.45. The number of hydrogen-bond acceptors (Lipinski definition) is 5. The predicted octanol–water partition coefficient (Wildman–Crippen LogP) is 4.35. The Morgan fingerprint density at radius 2 is 2.12 bits per heavy atom. The van der Waals surface area contributed by atoms with Gasteiger partial charge in [0.15, 0.2) is 0 Å². The molecule has 10 heteroatoms. The molecule has 0 aliphatic carbocycles. The Hall–Kier alpha value is -1.49. The highest BCUT2D eigenvalue weighted by molar-refractivity contribution is 9.10. The number of pyridine rings is 1. The molecule has 2 atom stereocenters. The maximum Gasteiger partial charge on any atom is 0.410 e. The molecular weight excluding hydrogens is 429 g/mol. The van der Waals surface area contributed by atoms with Crippen molar-refractivity contribution < 1.29 is 23.4 Å². The topological polar surface area (TPSA) is 115 Å². The van der Waals surface area contributed by atoms with Crippen molar-refractivity contribution in [1.82, 2.24) is 10.3 Å². The molecule has 0 saturated heterocycles. The van der Waals surface area contributed by atoms with E-state index in [-0.39, 0.29) is 17.8 Å². The van der Waals surface area contributed by atoms with Crippen LogP contribution in [0.3, 0.4) is 0 Å². The number of nitrogens with one attached hydrogen (secondary N) is 1. The molecule has 4 N–H and O–H groups in total. The Kier molecular flexibility index (Phi) is 5.54. The molecule has 1 aliphatic heterocycles. The van der Waals surface area contributed by atoms with Crippen LogP contribution in [0.2, 0.25) is 0 Å². The van der Waals surface area contributed by atoms with E-state index in [2.05, 4.69) is 37.8 Å². The monoisotopic (exact) mass is 449 g/mol. The lowest BCUT2D eigenvalue weighted by Crippen LogP contribution is -2.58. The maximum absolute atomic E-state index is 14.5. The largest absolute Gasteiger partial charge is 0.465 e. The van der Waals surface area contributed by atoms with Gasteiger partial charge in [-0.25, -0.2) is 9.78 Å². The number of hydrogen-bond donors (Lipinski definition) is 4. The summed E-state index contributed by atoms with van der Waals surface area (Å²) in [5, 5.41) is 10.3. The normalized spacial score (nSPS) is 28.0. The Balaban J connectivity index is 2.83. The van der Waals surface area contributed by atoms with Crippen molar-refractivity contribution in [3.05, 3.63) is 40.9 Å². The summed E-state index contributed by atoms with van der Waals surface area (Å²) in [6.07, 6.45) is 1.51. The molecule has 1 aromatic heterocycles. The van der Waals surface area contributed by atoms with Crippen LogP contribution in [0.25, 0.3) is 0 Å². The van der Waals surface area contributed by atoms with Gasteiger partial charge in [0.05, 0.1) is 5.25 Å². The lowest BCUT2D eigenvalue weighted by Gasteiger charge is -2.59. The van der Waals surface area contributed by atoms with Crippen molar-refractivity contribution in [2.45, 2.75) is 42.7 Å². The van der Waals surface area contributed by atoms with Crippen molar-refractivity contribution in [3.8, 4) is 0 Å². The van der Waals surface area contributed by atoms with E-state index >= 15 is 0 Å². The molecule has 2 rings (SSSR count). The molecule has 0 unspecified atom stereocenters. The van der Waals surface area contributed by atoms with Crippen LogP contribution in [0.15, 0.2) is 34.4 Å². The predicted molar refractivity (Wildman–Crippen MR) is 103 cm³/mol. The fourth-order valence-electron chi connectivity index (χ4n) is 3.06. The van der Waals surface area contributed by atoms with Crippen molar-refractivity contribution in [1.29, 1.82) is 0 Å². The van der Waals surface area contributed by atoms with Gasteiger partial charge in [0.2, 0.25) is 5.95 Å². The standard InChI is InChI=1S/C16H21BrFN3O4S/c1-5-6-11-16(4,10-7-9(17)8-19-12(10)18)21-13(20-14(22)23)15(2,3)26(11,24)25/h5,7-8,11,24-25H,1,6H2,2-4H3,(H,20,21)(H,22,23)/t11-,16-/m1/s1. The molecule has 1 amide bonds. The number of aliphatic imine (C=N–C) groups is 1. The van der Waals surface area contributed by atoms with Crippen LogP contribution in [0.5, 0.6) is 0 Å². The van der Waals surface area contributed by atoms with Crippen LogP contribution in [0.1, 0.15) is 32.8 Å². The highest BCUT2D eigenvalue weighted by Crippen LogP contribution is 2.65. The Bertz CT molecular complexity index is 787. The lowest BCUT2D eigenvalue weighted by molar-refractivity contribution is 0.199. The molecule has 0 fully saturated rings. The number of allylic oxidation sites excluding steroid dienone is 1. The first-order valence-electron chi connectivity index (χ1n) is 7.67. The first-order chi connectivity index (χ1) is 11.9. The Morgan fingerprint density at radius 1 is 1.50 bits per heavy atom.